The average Bonchev–Trinajstić information content (AvgIpc) is 3.07. The molecule has 1 N–H and O–H groups in total. The Morgan fingerprint density at radius 1 is 0.980 bits per heavy atom. The molecule has 11 heteroatoms. The Labute approximate surface area is 291 Å². The van der Waals surface area contributed by atoms with Crippen molar-refractivity contribution in [1.82, 2.24) is 4.90 Å². The fraction of sp³-hybridized carbons (Fsp3) is 0.579. The monoisotopic (exact) mass is 685 g/mol. The molecule has 0 spiro atoms. The fourth-order valence-corrected chi connectivity index (χ4v) is 5.25. The van der Waals surface area contributed by atoms with Crippen LogP contribution >= 0.6 is 0 Å². The van der Waals surface area contributed by atoms with Gasteiger partial charge in [0.1, 0.15) is 17.9 Å². The summed E-state index contributed by atoms with van der Waals surface area (Å²) in [5.74, 6) is -0.789. The molecule has 272 valence electrons. The Hall–Kier alpha value is -4.12. The summed E-state index contributed by atoms with van der Waals surface area (Å²) >= 11 is 0. The Bertz CT molecular complexity index is 1410. The number of piperidine rings is 1. The second-order valence-electron chi connectivity index (χ2n) is 13.4. The second kappa shape index (κ2) is 18.6. The number of benzene rings is 2. The van der Waals surface area contributed by atoms with Crippen LogP contribution in [0.4, 0.5) is 0 Å². The molecule has 11 nitrogen and oxygen atoms in total. The molecule has 2 aromatic carbocycles. The van der Waals surface area contributed by atoms with Gasteiger partial charge in [0.15, 0.2) is 18.1 Å². The number of aliphatic hydroxyl groups is 1. The lowest BCUT2D eigenvalue weighted by Gasteiger charge is -2.36. The number of hydrogen-bond acceptors (Lipinski definition) is 10. The largest absolute Gasteiger partial charge is 0.493 e. The lowest BCUT2D eigenvalue weighted by Crippen LogP contribution is -2.53. The summed E-state index contributed by atoms with van der Waals surface area (Å²) in [4.78, 5) is 53.9. The summed E-state index contributed by atoms with van der Waals surface area (Å²) in [6.45, 7) is 8.61. The van der Waals surface area contributed by atoms with Crippen LogP contribution in [0.5, 0.6) is 17.2 Å². The summed E-state index contributed by atoms with van der Waals surface area (Å²) in [6, 6.07) is 11.6. The van der Waals surface area contributed by atoms with Crippen LogP contribution in [-0.4, -0.2) is 79.3 Å². The third-order valence-corrected chi connectivity index (χ3v) is 8.69. The molecule has 1 fully saturated rings. The highest BCUT2D eigenvalue weighted by Gasteiger charge is 2.41. The van der Waals surface area contributed by atoms with Crippen LogP contribution in [0.3, 0.4) is 0 Å². The normalized spacial score (nSPS) is 15.3. The third kappa shape index (κ3) is 12.1. The van der Waals surface area contributed by atoms with Crippen LogP contribution in [0, 0.1) is 5.41 Å². The highest BCUT2D eigenvalue weighted by molar-refractivity contribution is 6.38. The predicted molar refractivity (Wildman–Crippen MR) is 186 cm³/mol. The second-order valence-corrected chi connectivity index (χ2v) is 13.4. The van der Waals surface area contributed by atoms with E-state index in [9.17, 15) is 24.3 Å². The van der Waals surface area contributed by atoms with E-state index >= 15 is 0 Å². The van der Waals surface area contributed by atoms with Crippen molar-refractivity contribution in [2.24, 2.45) is 5.41 Å². The van der Waals surface area contributed by atoms with Crippen LogP contribution < -0.4 is 14.2 Å². The number of nitrogens with zero attached hydrogens (tertiary/aromatic N) is 1. The number of carbonyl (C=O) groups is 4. The minimum Gasteiger partial charge on any atom is -0.493 e. The molecule has 2 atom stereocenters. The molecule has 49 heavy (non-hydrogen) atoms. The standard InChI is InChI=1S/C37H51NO10.CH4/c1-8-36(2,3)33(40)34(41)38-20-10-9-14-28(38)35(42)48-29(17-15-25-16-18-30(44-6)31(22-25)45-7)26-12-11-13-27(23-26)47-24-32(39)46-21-19-37(4,5)43;/h11-13,16,18,22-23,28-29,43H,8-10,14-15,17,19-21,24H2,1-7H3;1H4/t28?,29-;/m1./s1. The van der Waals surface area contributed by atoms with Crippen LogP contribution in [0.1, 0.15) is 97.8 Å². The van der Waals surface area contributed by atoms with E-state index in [2.05, 4.69) is 0 Å². The fourth-order valence-electron chi connectivity index (χ4n) is 5.25. The highest BCUT2D eigenvalue weighted by Crippen LogP contribution is 2.32. The van der Waals surface area contributed by atoms with E-state index in [0.29, 0.717) is 61.5 Å². The summed E-state index contributed by atoms with van der Waals surface area (Å²) in [7, 11) is 3.12. The number of amides is 1. The van der Waals surface area contributed by atoms with Gasteiger partial charge in [-0.3, -0.25) is 9.59 Å². The first-order chi connectivity index (χ1) is 22.7. The lowest BCUT2D eigenvalue weighted by molar-refractivity contribution is -0.164. The van der Waals surface area contributed by atoms with Gasteiger partial charge in [0.05, 0.1) is 26.4 Å². The number of Topliss-reactive ketones (excluding diaryl/α,β-unsaturated/α-hetero) is 1. The number of likely N-dealkylation sites (tertiary alicyclic amines) is 1. The zero-order valence-electron chi connectivity index (χ0n) is 29.3. The molecular weight excluding hydrogens is 630 g/mol. The molecule has 1 heterocycles. The Morgan fingerprint density at radius 3 is 2.35 bits per heavy atom. The van der Waals surface area contributed by atoms with Crippen LogP contribution in [0.25, 0.3) is 0 Å². The Balaban J connectivity index is 0.00000833. The molecule has 0 aromatic heterocycles. The minimum atomic E-state index is -0.956. The van der Waals surface area contributed by atoms with Crippen molar-refractivity contribution in [3.63, 3.8) is 0 Å². The van der Waals surface area contributed by atoms with E-state index in [1.165, 1.54) is 4.90 Å². The molecule has 1 unspecified atom stereocenters. The van der Waals surface area contributed by atoms with E-state index < -0.39 is 46.8 Å². The number of hydrogen-bond donors (Lipinski definition) is 1. The maximum absolute atomic E-state index is 13.8. The molecule has 1 aliphatic heterocycles. The molecule has 3 rings (SSSR count). The summed E-state index contributed by atoms with van der Waals surface area (Å²) in [5.41, 5.74) is -0.235. The summed E-state index contributed by atoms with van der Waals surface area (Å²) in [6.07, 6.45) is 2.74. The van der Waals surface area contributed by atoms with Crippen molar-refractivity contribution < 1.29 is 48.0 Å². The summed E-state index contributed by atoms with van der Waals surface area (Å²) in [5, 5.41) is 9.84. The smallest absolute Gasteiger partial charge is 0.344 e. The van der Waals surface area contributed by atoms with Crippen molar-refractivity contribution in [2.45, 2.75) is 105 Å². The van der Waals surface area contributed by atoms with Crippen molar-refractivity contribution in [3.05, 3.63) is 53.6 Å². The number of ether oxygens (including phenoxy) is 5. The Morgan fingerprint density at radius 2 is 1.69 bits per heavy atom. The maximum atomic E-state index is 13.8. The molecule has 0 saturated carbocycles. The van der Waals surface area contributed by atoms with Crippen LogP contribution in [0.2, 0.25) is 0 Å². The number of methoxy groups -OCH3 is 2. The maximum Gasteiger partial charge on any atom is 0.344 e. The molecule has 1 amide bonds. The molecule has 2 aromatic rings. The van der Waals surface area contributed by atoms with E-state index in [0.717, 1.165) is 12.0 Å². The van der Waals surface area contributed by atoms with E-state index in [-0.39, 0.29) is 27.1 Å². The SMILES string of the molecule is C.CCC(C)(C)C(=O)C(=O)N1CCCCC1C(=O)O[C@H](CCc1ccc(OC)c(OC)c1)c1cccc(OCC(=O)OCCC(C)(C)O)c1. The first-order valence-electron chi connectivity index (χ1n) is 16.6. The zero-order valence-corrected chi connectivity index (χ0v) is 29.3. The highest BCUT2D eigenvalue weighted by atomic mass is 16.6. The average molecular weight is 686 g/mol. The molecular formula is C38H55NO10. The van der Waals surface area contributed by atoms with Gasteiger partial charge >= 0.3 is 11.9 Å². The Kier molecular flexibility index (Phi) is 15.6. The topological polar surface area (TPSA) is 138 Å². The lowest BCUT2D eigenvalue weighted by atomic mass is 9.84. The number of rotatable bonds is 17. The third-order valence-electron chi connectivity index (χ3n) is 8.69. The molecule has 0 aliphatic carbocycles. The van der Waals surface area contributed by atoms with Gasteiger partial charge in [-0.2, -0.15) is 0 Å². The quantitative estimate of drug-likeness (QED) is 0.155. The molecule has 0 bridgehead atoms. The van der Waals surface area contributed by atoms with Crippen molar-refractivity contribution in [1.29, 1.82) is 0 Å². The van der Waals surface area contributed by atoms with Gasteiger partial charge in [-0.05, 0) is 87.8 Å². The van der Waals surface area contributed by atoms with Crippen LogP contribution in [-0.2, 0) is 35.1 Å². The molecule has 1 saturated heterocycles. The van der Waals surface area contributed by atoms with Crippen molar-refractivity contribution in [3.8, 4) is 17.2 Å². The number of esters is 2. The van der Waals surface area contributed by atoms with E-state index in [1.54, 1.807) is 66.2 Å². The minimum absolute atomic E-state index is 0. The number of carbonyl (C=O) groups excluding carboxylic acids is 4. The van der Waals surface area contributed by atoms with Gasteiger partial charge in [0.2, 0.25) is 5.78 Å². The predicted octanol–water partition coefficient (Wildman–Crippen LogP) is 6.03. The first-order valence-corrected chi connectivity index (χ1v) is 16.6. The van der Waals surface area contributed by atoms with Gasteiger partial charge in [0.25, 0.3) is 5.91 Å². The molecule has 0 radical (unpaired) electrons. The summed E-state index contributed by atoms with van der Waals surface area (Å²) < 4.78 is 27.9. The van der Waals surface area contributed by atoms with Crippen LogP contribution in [0.15, 0.2) is 42.5 Å². The molecule has 1 aliphatic rings. The number of ketones is 1. The van der Waals surface area contributed by atoms with Gasteiger partial charge in [-0.15, -0.1) is 0 Å². The first kappa shape index (κ1) is 41.1. The van der Waals surface area contributed by atoms with Gasteiger partial charge in [0, 0.05) is 18.4 Å². The van der Waals surface area contributed by atoms with Gasteiger partial charge < -0.3 is 33.7 Å². The van der Waals surface area contributed by atoms with Crippen molar-refractivity contribution in [2.75, 3.05) is 34.0 Å². The zero-order chi connectivity index (χ0) is 35.5. The van der Waals surface area contributed by atoms with Crippen molar-refractivity contribution >= 4 is 23.6 Å². The number of aryl methyl sites for hydroxylation is 1. The van der Waals surface area contributed by atoms with Gasteiger partial charge in [-0.25, -0.2) is 9.59 Å². The van der Waals surface area contributed by atoms with Gasteiger partial charge in [-0.1, -0.05) is 46.4 Å². The van der Waals surface area contributed by atoms with E-state index in [1.807, 2.05) is 25.1 Å². The van der Waals surface area contributed by atoms with E-state index in [4.69, 9.17) is 23.7 Å².